The van der Waals surface area contributed by atoms with Crippen molar-refractivity contribution in [1.82, 2.24) is 4.72 Å². The van der Waals surface area contributed by atoms with Crippen molar-refractivity contribution in [2.24, 2.45) is 0 Å². The molecule has 6 heteroatoms. The van der Waals surface area contributed by atoms with E-state index >= 15 is 0 Å². The number of benzene rings is 1. The lowest BCUT2D eigenvalue weighted by Gasteiger charge is -2.23. The number of hydrogen-bond donors (Lipinski definition) is 1. The number of hydrogen-bond acceptors (Lipinski definition) is 4. The van der Waals surface area contributed by atoms with E-state index in [2.05, 4.69) is 4.72 Å². The molecule has 1 saturated carbocycles. The fourth-order valence-electron chi connectivity index (χ4n) is 2.55. The van der Waals surface area contributed by atoms with Gasteiger partial charge in [0.2, 0.25) is 0 Å². The molecule has 5 nitrogen and oxygen atoms in total. The number of rotatable bonds is 7. The lowest BCUT2D eigenvalue weighted by atomic mass is 9.96. The fraction of sp³-hybridized carbons (Fsp3) is 0.600. The van der Waals surface area contributed by atoms with Crippen molar-refractivity contribution in [3.8, 4) is 0 Å². The van der Waals surface area contributed by atoms with Gasteiger partial charge in [-0.1, -0.05) is 37.5 Å². The van der Waals surface area contributed by atoms with Crippen molar-refractivity contribution < 1.29 is 12.6 Å². The van der Waals surface area contributed by atoms with Crippen molar-refractivity contribution >= 4 is 16.0 Å². The van der Waals surface area contributed by atoms with Gasteiger partial charge < -0.3 is 4.90 Å². The van der Waals surface area contributed by atoms with Crippen molar-refractivity contribution in [3.63, 3.8) is 0 Å². The molecule has 1 aromatic rings. The summed E-state index contributed by atoms with van der Waals surface area (Å²) < 4.78 is 31.4. The minimum Gasteiger partial charge on any atom is -0.372 e. The van der Waals surface area contributed by atoms with Gasteiger partial charge in [-0.2, -0.15) is 13.1 Å². The Kier molecular flexibility index (Phi) is 6.02. The SMILES string of the molecule is CN(CCOS(=O)(=O)NC1CCCCC1)c1ccccc1. The van der Waals surface area contributed by atoms with E-state index in [1.807, 2.05) is 42.3 Å². The molecule has 118 valence electrons. The predicted octanol–water partition coefficient (Wildman–Crippen LogP) is 2.31. The van der Waals surface area contributed by atoms with E-state index in [0.29, 0.717) is 6.54 Å². The lowest BCUT2D eigenvalue weighted by molar-refractivity contribution is 0.305. The molecule has 1 fully saturated rings. The molecule has 21 heavy (non-hydrogen) atoms. The van der Waals surface area contributed by atoms with Crippen LogP contribution in [0.4, 0.5) is 5.69 Å². The average Bonchev–Trinajstić information content (AvgIpc) is 2.48. The van der Waals surface area contributed by atoms with E-state index in [1.54, 1.807) is 0 Å². The number of nitrogens with zero attached hydrogens (tertiary/aromatic N) is 1. The van der Waals surface area contributed by atoms with Gasteiger partial charge in [0.25, 0.3) is 0 Å². The Morgan fingerprint density at radius 1 is 1.19 bits per heavy atom. The molecule has 0 saturated heterocycles. The summed E-state index contributed by atoms with van der Waals surface area (Å²) in [6.45, 7) is 0.670. The molecule has 0 radical (unpaired) electrons. The maximum atomic E-state index is 11.9. The molecule has 2 rings (SSSR count). The van der Waals surface area contributed by atoms with E-state index in [-0.39, 0.29) is 12.6 Å². The molecule has 0 bridgehead atoms. The summed E-state index contributed by atoms with van der Waals surface area (Å²) in [6.07, 6.45) is 5.19. The molecule has 1 aliphatic rings. The summed E-state index contributed by atoms with van der Waals surface area (Å²) >= 11 is 0. The molecule has 0 aromatic heterocycles. The number of nitrogens with one attached hydrogen (secondary N) is 1. The molecule has 0 amide bonds. The molecule has 1 aromatic carbocycles. The van der Waals surface area contributed by atoms with Crippen LogP contribution in [0.15, 0.2) is 30.3 Å². The van der Waals surface area contributed by atoms with E-state index in [9.17, 15) is 8.42 Å². The van der Waals surface area contributed by atoms with Gasteiger partial charge in [0, 0.05) is 25.3 Å². The van der Waals surface area contributed by atoms with Crippen molar-refractivity contribution in [2.45, 2.75) is 38.1 Å². The zero-order chi connectivity index (χ0) is 15.1. The Bertz CT molecular complexity index is 513. The van der Waals surface area contributed by atoms with Gasteiger partial charge in [0.05, 0.1) is 6.61 Å². The molecule has 0 aliphatic heterocycles. The smallest absolute Gasteiger partial charge is 0.336 e. The van der Waals surface area contributed by atoms with Crippen molar-refractivity contribution in [2.75, 3.05) is 25.1 Å². The highest BCUT2D eigenvalue weighted by molar-refractivity contribution is 7.84. The molecule has 0 spiro atoms. The molecule has 1 aliphatic carbocycles. The summed E-state index contributed by atoms with van der Waals surface area (Å²) in [5, 5.41) is 0. The molecular weight excluding hydrogens is 288 g/mol. The minimum absolute atomic E-state index is 0.0376. The second-order valence-electron chi connectivity index (χ2n) is 5.49. The topological polar surface area (TPSA) is 58.6 Å². The van der Waals surface area contributed by atoms with Gasteiger partial charge in [-0.15, -0.1) is 0 Å². The zero-order valence-electron chi connectivity index (χ0n) is 12.5. The highest BCUT2D eigenvalue weighted by atomic mass is 32.2. The summed E-state index contributed by atoms with van der Waals surface area (Å²) in [5.41, 5.74) is 1.04. The third-order valence-electron chi connectivity index (χ3n) is 3.78. The van der Waals surface area contributed by atoms with Crippen LogP contribution in [0.1, 0.15) is 32.1 Å². The molecule has 1 N–H and O–H groups in total. The number of para-hydroxylation sites is 1. The third kappa shape index (κ3) is 5.65. The van der Waals surface area contributed by atoms with Crippen LogP contribution in [-0.2, 0) is 14.5 Å². The first-order chi connectivity index (χ1) is 10.1. The summed E-state index contributed by atoms with van der Waals surface area (Å²) in [4.78, 5) is 1.97. The van der Waals surface area contributed by atoms with Crippen molar-refractivity contribution in [3.05, 3.63) is 30.3 Å². The molecule has 0 atom stereocenters. The second kappa shape index (κ2) is 7.77. The minimum atomic E-state index is -3.64. The standard InChI is InChI=1S/C15H24N2O3S/c1-17(15-10-6-3-7-11-15)12-13-20-21(18,19)16-14-8-4-2-5-9-14/h3,6-7,10-11,14,16H,2,4-5,8-9,12-13H2,1H3. The second-order valence-corrected chi connectivity index (χ2v) is 6.87. The van der Waals surface area contributed by atoms with Gasteiger partial charge in [-0.3, -0.25) is 4.18 Å². The first-order valence-electron chi connectivity index (χ1n) is 7.50. The normalized spacial score (nSPS) is 16.8. The van der Waals surface area contributed by atoms with Gasteiger partial charge in [0.1, 0.15) is 0 Å². The fourth-order valence-corrected chi connectivity index (χ4v) is 3.56. The monoisotopic (exact) mass is 312 g/mol. The Morgan fingerprint density at radius 3 is 2.52 bits per heavy atom. The largest absolute Gasteiger partial charge is 0.372 e. The van der Waals surface area contributed by atoms with Crippen LogP contribution in [-0.4, -0.2) is 34.7 Å². The quantitative estimate of drug-likeness (QED) is 0.839. The van der Waals surface area contributed by atoms with Crippen molar-refractivity contribution in [1.29, 1.82) is 0 Å². The summed E-state index contributed by atoms with van der Waals surface area (Å²) in [5.74, 6) is 0. The first-order valence-corrected chi connectivity index (χ1v) is 8.90. The number of likely N-dealkylation sites (N-methyl/N-ethyl adjacent to an activating group) is 1. The molecule has 0 unspecified atom stereocenters. The van der Waals surface area contributed by atoms with Crippen LogP contribution in [0.3, 0.4) is 0 Å². The van der Waals surface area contributed by atoms with E-state index in [4.69, 9.17) is 4.18 Å². The van der Waals surface area contributed by atoms with E-state index in [1.165, 1.54) is 6.42 Å². The van der Waals surface area contributed by atoms with E-state index in [0.717, 1.165) is 31.4 Å². The third-order valence-corrected chi connectivity index (χ3v) is 4.88. The van der Waals surface area contributed by atoms with Crippen LogP contribution in [0.2, 0.25) is 0 Å². The Balaban J connectivity index is 1.74. The van der Waals surface area contributed by atoms with Gasteiger partial charge in [-0.25, -0.2) is 0 Å². The van der Waals surface area contributed by atoms with Crippen LogP contribution in [0, 0.1) is 0 Å². The zero-order valence-corrected chi connectivity index (χ0v) is 13.3. The predicted molar refractivity (Wildman–Crippen MR) is 84.6 cm³/mol. The van der Waals surface area contributed by atoms with Gasteiger partial charge in [0.15, 0.2) is 0 Å². The summed E-state index contributed by atoms with van der Waals surface area (Å²) in [6, 6.07) is 9.86. The van der Waals surface area contributed by atoms with E-state index < -0.39 is 10.3 Å². The molecule has 0 heterocycles. The van der Waals surface area contributed by atoms with Crippen LogP contribution >= 0.6 is 0 Å². The lowest BCUT2D eigenvalue weighted by Crippen LogP contribution is -2.38. The Labute approximate surface area is 127 Å². The van der Waals surface area contributed by atoms with Crippen LogP contribution < -0.4 is 9.62 Å². The van der Waals surface area contributed by atoms with Crippen LogP contribution in [0.5, 0.6) is 0 Å². The van der Waals surface area contributed by atoms with Gasteiger partial charge >= 0.3 is 10.3 Å². The number of anilines is 1. The highest BCUT2D eigenvalue weighted by Gasteiger charge is 2.20. The Hall–Kier alpha value is -1.11. The Morgan fingerprint density at radius 2 is 1.86 bits per heavy atom. The molecular formula is C15H24N2O3S. The van der Waals surface area contributed by atoms with Crippen LogP contribution in [0.25, 0.3) is 0 Å². The maximum absolute atomic E-state index is 11.9. The van der Waals surface area contributed by atoms with Gasteiger partial charge in [-0.05, 0) is 25.0 Å². The maximum Gasteiger partial charge on any atom is 0.336 e. The first kappa shape index (κ1) is 16.3. The highest BCUT2D eigenvalue weighted by Crippen LogP contribution is 2.18. The average molecular weight is 312 g/mol. The summed E-state index contributed by atoms with van der Waals surface area (Å²) in [7, 11) is -1.72.